The average Bonchev–Trinajstić information content (AvgIpc) is 3.55. The van der Waals surface area contributed by atoms with Crippen LogP contribution in [0.3, 0.4) is 0 Å². The number of aliphatic hydroxyl groups is 3. The zero-order chi connectivity index (χ0) is 43.2. The highest BCUT2D eigenvalue weighted by atomic mass is 16.6. The predicted octanol–water partition coefficient (Wildman–Crippen LogP) is 2.05. The molecule has 3 aliphatic carbocycles. The Morgan fingerprint density at radius 1 is 1.08 bits per heavy atom. The largest absolute Gasteiger partial charge is 0.519 e. The maximum absolute atomic E-state index is 14.4. The van der Waals surface area contributed by atoms with Gasteiger partial charge in [-0.1, -0.05) is 0 Å². The Morgan fingerprint density at radius 2 is 1.76 bits per heavy atom. The van der Waals surface area contributed by atoms with Crippen molar-refractivity contribution in [2.75, 3.05) is 58.6 Å². The van der Waals surface area contributed by atoms with Crippen molar-refractivity contribution in [1.82, 2.24) is 9.80 Å². The molecule has 7 N–H and O–H groups in total. The van der Waals surface area contributed by atoms with Crippen molar-refractivity contribution in [3.63, 3.8) is 0 Å². The number of methoxy groups -OCH3 is 1. The van der Waals surface area contributed by atoms with Gasteiger partial charge in [-0.3, -0.25) is 24.2 Å². The third-order valence-electron chi connectivity index (χ3n) is 11.0. The van der Waals surface area contributed by atoms with Crippen LogP contribution in [0.15, 0.2) is 66.6 Å². The van der Waals surface area contributed by atoms with Gasteiger partial charge in [0.05, 0.1) is 30.9 Å². The summed E-state index contributed by atoms with van der Waals surface area (Å²) in [5.74, 6) is -8.21. The Kier molecular flexibility index (Phi) is 11.4. The van der Waals surface area contributed by atoms with E-state index >= 15 is 0 Å². The lowest BCUT2D eigenvalue weighted by Crippen LogP contribution is -2.63. The lowest BCUT2D eigenvalue weighted by Gasteiger charge is -2.50. The lowest BCUT2D eigenvalue weighted by molar-refractivity contribution is -0.148. The van der Waals surface area contributed by atoms with Crippen molar-refractivity contribution >= 4 is 41.2 Å². The molecule has 0 aliphatic heterocycles. The number of aldehydes is 1. The van der Waals surface area contributed by atoms with E-state index in [0.717, 1.165) is 4.90 Å². The zero-order valence-corrected chi connectivity index (χ0v) is 33.1. The number of hydrogen-bond donors (Lipinski definition) is 6. The molecule has 2 aromatic carbocycles. The van der Waals surface area contributed by atoms with Gasteiger partial charge in [-0.25, -0.2) is 9.59 Å². The topological polar surface area (TPSA) is 276 Å². The van der Waals surface area contributed by atoms with Gasteiger partial charge < -0.3 is 59.5 Å². The number of nitrogens with zero attached hydrogens (tertiary/aromatic N) is 3. The molecule has 0 bridgehead atoms. The summed E-state index contributed by atoms with van der Waals surface area (Å²) >= 11 is 0. The minimum Gasteiger partial charge on any atom is -0.510 e. The fourth-order valence-corrected chi connectivity index (χ4v) is 8.35. The number of hydrogen-bond acceptors (Lipinski definition) is 17. The summed E-state index contributed by atoms with van der Waals surface area (Å²) in [4.78, 5) is 81.6. The average molecular weight is 820 g/mol. The van der Waals surface area contributed by atoms with E-state index in [0.29, 0.717) is 28.8 Å². The van der Waals surface area contributed by atoms with Gasteiger partial charge in [-0.05, 0) is 75.7 Å². The first-order valence-corrected chi connectivity index (χ1v) is 18.5. The molecule has 0 saturated heterocycles. The van der Waals surface area contributed by atoms with Gasteiger partial charge in [0.1, 0.15) is 34.9 Å². The van der Waals surface area contributed by atoms with Gasteiger partial charge in [-0.2, -0.15) is 0 Å². The number of ether oxygens (including phenoxy) is 2. The summed E-state index contributed by atoms with van der Waals surface area (Å²) in [5.41, 5.74) is 2.59. The van der Waals surface area contributed by atoms with E-state index in [1.807, 2.05) is 0 Å². The molecule has 314 valence electrons. The first-order chi connectivity index (χ1) is 27.8. The van der Waals surface area contributed by atoms with Crippen molar-refractivity contribution in [1.29, 1.82) is 0 Å². The highest BCUT2D eigenvalue weighted by molar-refractivity contribution is 6.25. The number of phenols is 1. The number of anilines is 2. The summed E-state index contributed by atoms with van der Waals surface area (Å²) in [6, 6.07) is 6.25. The molecular formula is C40H45N5O14. The maximum Gasteiger partial charge on any atom is 0.519 e. The number of carbonyl (C=O) groups excluding carboxylic acids is 5. The maximum atomic E-state index is 14.4. The summed E-state index contributed by atoms with van der Waals surface area (Å²) in [7, 11) is 8.02. The fraction of sp³-hybridized carbons (Fsp3) is 0.400. The second-order valence-electron chi connectivity index (χ2n) is 15.1. The van der Waals surface area contributed by atoms with Crippen LogP contribution in [0.2, 0.25) is 0 Å². The molecular weight excluding hydrogens is 774 g/mol. The Balaban J connectivity index is 1.27. The number of carbonyl (C=O) groups is 5. The molecule has 19 heteroatoms. The second kappa shape index (κ2) is 16.0. The first-order valence-electron chi connectivity index (χ1n) is 18.5. The number of likely N-dealkylation sites (N-methyl/N-ethyl adjacent to an activating group) is 1. The fourth-order valence-electron chi connectivity index (χ4n) is 8.35. The molecule has 1 aromatic heterocycles. The number of nitrogens with one attached hydrogen (secondary N) is 1. The molecule has 1 heterocycles. The third kappa shape index (κ3) is 7.26. The highest BCUT2D eigenvalue weighted by Crippen LogP contribution is 2.54. The van der Waals surface area contributed by atoms with Gasteiger partial charge in [0, 0.05) is 49.4 Å². The quantitative estimate of drug-likeness (QED) is 0.0818. The summed E-state index contributed by atoms with van der Waals surface area (Å²) in [6.07, 6.45) is -0.475. The van der Waals surface area contributed by atoms with Crippen LogP contribution < -0.4 is 26.5 Å². The molecule has 2 amide bonds. The summed E-state index contributed by atoms with van der Waals surface area (Å²) in [5, 5.41) is 49.5. The number of primary amides is 1. The molecule has 0 radical (unpaired) electrons. The Bertz CT molecular complexity index is 2340. The molecule has 3 aromatic rings. The van der Waals surface area contributed by atoms with Gasteiger partial charge in [0.15, 0.2) is 29.5 Å². The Labute approximate surface area is 336 Å². The van der Waals surface area contributed by atoms with Crippen LogP contribution >= 0.6 is 0 Å². The van der Waals surface area contributed by atoms with E-state index in [1.54, 1.807) is 70.3 Å². The van der Waals surface area contributed by atoms with Crippen LogP contribution in [0.4, 0.5) is 16.2 Å². The van der Waals surface area contributed by atoms with E-state index in [4.69, 9.17) is 24.0 Å². The lowest BCUT2D eigenvalue weighted by atomic mass is 9.58. The third-order valence-corrected chi connectivity index (χ3v) is 11.0. The van der Waals surface area contributed by atoms with Crippen molar-refractivity contribution < 1.29 is 62.7 Å². The number of nitrogens with two attached hydrogens (primary N) is 1. The first kappa shape index (κ1) is 42.0. The van der Waals surface area contributed by atoms with Gasteiger partial charge in [-0.15, -0.1) is 0 Å². The zero-order valence-electron chi connectivity index (χ0n) is 33.1. The van der Waals surface area contributed by atoms with E-state index in [1.165, 1.54) is 12.0 Å². The van der Waals surface area contributed by atoms with Crippen molar-refractivity contribution in [3.05, 3.63) is 80.5 Å². The van der Waals surface area contributed by atoms with Crippen LogP contribution in [0.1, 0.15) is 35.0 Å². The molecule has 3 aliphatic rings. The highest BCUT2D eigenvalue weighted by Gasteiger charge is 2.63. The molecule has 5 atom stereocenters. The SMILES string of the molecule is COc1ccc(-c2oc(=O)oc2COC(=O)N(CC=O)CC(C)Nc2cc(N(C)C)c3c(c2O)C(=O)C2=C(O)[C@]4(O)C(=O)C(C(N)=O)=C(O)[C@@H](N(C)C)C4CC2C3)cc1. The number of amides is 2. The molecule has 3 unspecified atom stereocenters. The number of ketones is 2. The minimum absolute atomic E-state index is 0.0313. The number of fused-ring (bicyclic) bond motifs is 3. The normalized spacial score (nSPS) is 21.7. The van der Waals surface area contributed by atoms with Crippen LogP contribution in [0.25, 0.3) is 11.3 Å². The van der Waals surface area contributed by atoms with E-state index < -0.39 is 94.9 Å². The van der Waals surface area contributed by atoms with Crippen LogP contribution in [0, 0.1) is 11.8 Å². The van der Waals surface area contributed by atoms with Crippen molar-refractivity contribution in [2.24, 2.45) is 17.6 Å². The van der Waals surface area contributed by atoms with Crippen LogP contribution in [-0.4, -0.2) is 126 Å². The van der Waals surface area contributed by atoms with Gasteiger partial charge in [0.2, 0.25) is 5.78 Å². The Hall–Kier alpha value is -6.60. The Morgan fingerprint density at radius 3 is 2.36 bits per heavy atom. The molecule has 19 nitrogen and oxygen atoms in total. The number of aliphatic hydroxyl groups excluding tert-OH is 2. The standard InChI is InChI=1S/C40H45N5O14/c1-18(16-45(11-12-46)38(53)57-17-26-34(59-39(54)58-26)19-7-9-21(56-6)10-8-19)42-24-15-25(43(2)3)22-13-20-14-23-30(44(4)5)33(49)29(37(41)52)36(51)40(23,55)35(50)27(20)32(48)28(22)31(24)47/h7-10,12,15,18,20,23,30,42,47,49-50,55H,11,13-14,16-17H2,1-6H3,(H2,41,52)/t18?,20?,23?,30-,40-/m0/s1. The number of benzene rings is 2. The molecule has 0 spiro atoms. The van der Waals surface area contributed by atoms with E-state index in [2.05, 4.69) is 5.32 Å². The summed E-state index contributed by atoms with van der Waals surface area (Å²) in [6.45, 7) is 0.541. The number of Topliss-reactive ketones (excluding diaryl/α,β-unsaturated/α-hetero) is 2. The molecule has 6 rings (SSSR count). The second-order valence-corrected chi connectivity index (χ2v) is 15.1. The number of aromatic hydroxyl groups is 1. The van der Waals surface area contributed by atoms with Crippen LogP contribution in [-0.2, 0) is 32.1 Å². The minimum atomic E-state index is -2.80. The number of phenolic OH excluding ortho intramolecular Hbond substituents is 1. The van der Waals surface area contributed by atoms with E-state index in [9.17, 15) is 49.2 Å². The number of rotatable bonds is 13. The van der Waals surface area contributed by atoms with Crippen molar-refractivity contribution in [3.8, 4) is 22.8 Å². The monoisotopic (exact) mass is 819 g/mol. The summed E-state index contributed by atoms with van der Waals surface area (Å²) < 4.78 is 20.8. The molecule has 0 saturated carbocycles. The molecule has 0 fully saturated rings. The van der Waals surface area contributed by atoms with Gasteiger partial charge >= 0.3 is 11.9 Å². The molecule has 59 heavy (non-hydrogen) atoms. The van der Waals surface area contributed by atoms with Crippen LogP contribution in [0.5, 0.6) is 11.5 Å². The van der Waals surface area contributed by atoms with Crippen molar-refractivity contribution in [2.45, 2.75) is 44.1 Å². The smallest absolute Gasteiger partial charge is 0.510 e. The van der Waals surface area contributed by atoms with E-state index in [-0.39, 0.29) is 47.7 Å². The van der Waals surface area contributed by atoms with Gasteiger partial charge in [0.25, 0.3) is 5.91 Å². The predicted molar refractivity (Wildman–Crippen MR) is 208 cm³/mol. The number of allylic oxidation sites excluding steroid dienone is 1.